The van der Waals surface area contributed by atoms with Gasteiger partial charge in [-0.25, -0.2) is 8.42 Å². The Morgan fingerprint density at radius 2 is 1.94 bits per heavy atom. The zero-order valence-electron chi connectivity index (χ0n) is 20.2. The highest BCUT2D eigenvalue weighted by molar-refractivity contribution is 7.92. The minimum Gasteiger partial charge on any atom is -0.491 e. The minimum atomic E-state index is -3.51. The Labute approximate surface area is 196 Å². The van der Waals surface area contributed by atoms with Crippen LogP contribution in [0.5, 0.6) is 5.75 Å². The average molecular weight is 486 g/mol. The van der Waals surface area contributed by atoms with Crippen LogP contribution in [0.25, 0.3) is 0 Å². The molecule has 1 aliphatic heterocycles. The summed E-state index contributed by atoms with van der Waals surface area (Å²) in [4.78, 5) is 29.2. The van der Waals surface area contributed by atoms with Crippen LogP contribution in [-0.2, 0) is 24.3 Å². The molecule has 186 valence electrons. The number of likely N-dealkylation sites (N-methyl/N-ethyl adjacent to an activating group) is 1. The Balaban J connectivity index is 2.47. The molecule has 0 spiro atoms. The molecule has 1 aromatic carbocycles. The molecule has 0 unspecified atom stereocenters. The van der Waals surface area contributed by atoms with Crippen molar-refractivity contribution >= 4 is 27.5 Å². The molecule has 33 heavy (non-hydrogen) atoms. The molecule has 1 aromatic rings. The Morgan fingerprint density at radius 3 is 2.55 bits per heavy atom. The van der Waals surface area contributed by atoms with Gasteiger partial charge in [0.25, 0.3) is 5.91 Å². The number of benzene rings is 1. The number of ether oxygens (including phenoxy) is 3. The fraction of sp³-hybridized carbons (Fsp3) is 0.636. The number of fused-ring (bicyclic) bond motifs is 1. The highest BCUT2D eigenvalue weighted by Gasteiger charge is 2.30. The lowest BCUT2D eigenvalue weighted by molar-refractivity contribution is -0.139. The van der Waals surface area contributed by atoms with Crippen LogP contribution in [0.4, 0.5) is 5.69 Å². The van der Waals surface area contributed by atoms with Gasteiger partial charge in [-0.15, -0.1) is 0 Å². The maximum absolute atomic E-state index is 13.3. The zero-order valence-corrected chi connectivity index (χ0v) is 21.0. The van der Waals surface area contributed by atoms with E-state index in [1.165, 1.54) is 25.0 Å². The molecule has 0 saturated heterocycles. The van der Waals surface area contributed by atoms with Crippen LogP contribution in [0.3, 0.4) is 0 Å². The van der Waals surface area contributed by atoms with Crippen LogP contribution < -0.4 is 9.46 Å². The van der Waals surface area contributed by atoms with Crippen LogP contribution >= 0.6 is 0 Å². The number of sulfonamides is 1. The largest absolute Gasteiger partial charge is 0.491 e. The van der Waals surface area contributed by atoms with Crippen molar-refractivity contribution in [3.63, 3.8) is 0 Å². The van der Waals surface area contributed by atoms with Crippen molar-refractivity contribution in [3.05, 3.63) is 23.8 Å². The van der Waals surface area contributed by atoms with E-state index in [2.05, 4.69) is 4.72 Å². The van der Waals surface area contributed by atoms with Crippen LogP contribution in [0.1, 0.15) is 31.1 Å². The van der Waals surface area contributed by atoms with Gasteiger partial charge in [0, 0.05) is 46.0 Å². The smallest absolute Gasteiger partial charge is 0.257 e. The first-order chi connectivity index (χ1) is 15.5. The number of methoxy groups -OCH3 is 2. The van der Waals surface area contributed by atoms with Gasteiger partial charge >= 0.3 is 0 Å². The molecule has 0 bridgehead atoms. The van der Waals surface area contributed by atoms with Crippen molar-refractivity contribution in [3.8, 4) is 5.75 Å². The van der Waals surface area contributed by atoms with Gasteiger partial charge in [0.05, 0.1) is 23.5 Å². The molecular formula is C22H35N3O7S. The number of rotatable bonds is 6. The monoisotopic (exact) mass is 485 g/mol. The summed E-state index contributed by atoms with van der Waals surface area (Å²) < 4.78 is 43.1. The lowest BCUT2D eigenvalue weighted by Gasteiger charge is -2.36. The highest BCUT2D eigenvalue weighted by atomic mass is 32.2. The molecule has 0 aromatic heterocycles. The van der Waals surface area contributed by atoms with Crippen LogP contribution in [0.15, 0.2) is 18.2 Å². The lowest BCUT2D eigenvalue weighted by Crippen LogP contribution is -2.49. The maximum Gasteiger partial charge on any atom is 0.257 e. The first-order valence-electron chi connectivity index (χ1n) is 10.9. The van der Waals surface area contributed by atoms with E-state index in [9.17, 15) is 18.0 Å². The summed E-state index contributed by atoms with van der Waals surface area (Å²) in [6.45, 7) is 6.14. The number of nitrogens with zero attached hydrogens (tertiary/aromatic N) is 2. The minimum absolute atomic E-state index is 0.0510. The standard InChI is InChI=1S/C22H35N3O7S/c1-7-33(28,29)23-17-8-9-19-18(10-17)22(27)24(4)12-20(31-6)15(2)11-25(16(3)13-32-19)21(26)14-30-5/h8-10,15-16,20,23H,7,11-14H2,1-6H3/t15-,16+,20+/m0/s1. The molecule has 0 aliphatic carbocycles. The van der Waals surface area contributed by atoms with E-state index in [1.54, 1.807) is 31.2 Å². The number of amides is 2. The molecule has 10 nitrogen and oxygen atoms in total. The summed E-state index contributed by atoms with van der Waals surface area (Å²) in [6.07, 6.45) is -0.324. The van der Waals surface area contributed by atoms with Crippen molar-refractivity contribution in [2.45, 2.75) is 32.9 Å². The molecule has 0 saturated carbocycles. The van der Waals surface area contributed by atoms with E-state index < -0.39 is 10.0 Å². The van der Waals surface area contributed by atoms with Crippen molar-refractivity contribution in [2.75, 3.05) is 58.0 Å². The van der Waals surface area contributed by atoms with E-state index in [-0.39, 0.29) is 66.6 Å². The van der Waals surface area contributed by atoms with Gasteiger partial charge in [0.15, 0.2) is 0 Å². The van der Waals surface area contributed by atoms with Gasteiger partial charge in [-0.2, -0.15) is 0 Å². The fourth-order valence-corrected chi connectivity index (χ4v) is 4.28. The van der Waals surface area contributed by atoms with E-state index in [0.29, 0.717) is 12.3 Å². The van der Waals surface area contributed by atoms with Gasteiger partial charge in [0.2, 0.25) is 15.9 Å². The number of hydrogen-bond donors (Lipinski definition) is 1. The maximum atomic E-state index is 13.3. The Hall–Kier alpha value is -2.37. The van der Waals surface area contributed by atoms with Crippen LogP contribution in [-0.4, -0.2) is 95.5 Å². The third kappa shape index (κ3) is 7.05. The third-order valence-electron chi connectivity index (χ3n) is 5.69. The van der Waals surface area contributed by atoms with Gasteiger partial charge < -0.3 is 24.0 Å². The second-order valence-electron chi connectivity index (χ2n) is 8.29. The van der Waals surface area contributed by atoms with Crippen molar-refractivity contribution < 1.29 is 32.2 Å². The Morgan fingerprint density at radius 1 is 1.24 bits per heavy atom. The van der Waals surface area contributed by atoms with Gasteiger partial charge in [-0.1, -0.05) is 6.92 Å². The van der Waals surface area contributed by atoms with E-state index in [4.69, 9.17) is 14.2 Å². The average Bonchev–Trinajstić information content (AvgIpc) is 2.78. The third-order valence-corrected chi connectivity index (χ3v) is 6.99. The summed E-state index contributed by atoms with van der Waals surface area (Å²) in [5.41, 5.74) is 0.494. The topological polar surface area (TPSA) is 114 Å². The van der Waals surface area contributed by atoms with E-state index >= 15 is 0 Å². The molecule has 0 fully saturated rings. The molecule has 1 N–H and O–H groups in total. The summed E-state index contributed by atoms with van der Waals surface area (Å²) in [7, 11) is 1.18. The van der Waals surface area contributed by atoms with Gasteiger partial charge in [-0.3, -0.25) is 14.3 Å². The van der Waals surface area contributed by atoms with Crippen molar-refractivity contribution in [2.24, 2.45) is 5.92 Å². The number of carbonyl (C=O) groups excluding carboxylic acids is 2. The molecule has 11 heteroatoms. The van der Waals surface area contributed by atoms with Crippen molar-refractivity contribution in [1.29, 1.82) is 0 Å². The first kappa shape index (κ1) is 26.9. The summed E-state index contributed by atoms with van der Waals surface area (Å²) in [6, 6.07) is 4.27. The first-order valence-corrected chi connectivity index (χ1v) is 12.5. The van der Waals surface area contributed by atoms with Crippen molar-refractivity contribution in [1.82, 2.24) is 9.80 Å². The van der Waals surface area contributed by atoms with E-state index in [0.717, 1.165) is 0 Å². The summed E-state index contributed by atoms with van der Waals surface area (Å²) >= 11 is 0. The van der Waals surface area contributed by atoms with E-state index in [1.807, 2.05) is 13.8 Å². The predicted octanol–water partition coefficient (Wildman–Crippen LogP) is 1.43. The molecule has 2 rings (SSSR count). The highest BCUT2D eigenvalue weighted by Crippen LogP contribution is 2.27. The second kappa shape index (κ2) is 11.7. The number of hydrogen-bond acceptors (Lipinski definition) is 7. The second-order valence-corrected chi connectivity index (χ2v) is 10.3. The molecule has 0 radical (unpaired) electrons. The molecule has 1 heterocycles. The predicted molar refractivity (Wildman–Crippen MR) is 125 cm³/mol. The number of nitrogens with one attached hydrogen (secondary N) is 1. The van der Waals surface area contributed by atoms with Crippen LogP contribution in [0.2, 0.25) is 0 Å². The Kier molecular flexibility index (Phi) is 9.50. The molecular weight excluding hydrogens is 450 g/mol. The summed E-state index contributed by atoms with van der Waals surface area (Å²) in [5.74, 6) is -0.348. The normalized spacial score (nSPS) is 22.6. The number of carbonyl (C=O) groups is 2. The van der Waals surface area contributed by atoms with Gasteiger partial charge in [-0.05, 0) is 32.0 Å². The van der Waals surface area contributed by atoms with Gasteiger partial charge in [0.1, 0.15) is 19.0 Å². The fourth-order valence-electron chi connectivity index (χ4n) is 3.65. The molecule has 3 atom stereocenters. The molecule has 2 amide bonds. The summed E-state index contributed by atoms with van der Waals surface area (Å²) in [5, 5.41) is 0. The quantitative estimate of drug-likeness (QED) is 0.648. The number of anilines is 1. The van der Waals surface area contributed by atoms with Crippen LogP contribution in [0, 0.1) is 5.92 Å². The Bertz CT molecular complexity index is 938. The lowest BCUT2D eigenvalue weighted by atomic mass is 10.0. The zero-order chi connectivity index (χ0) is 24.8. The molecule has 1 aliphatic rings. The SMILES string of the molecule is CCS(=O)(=O)Nc1ccc2c(c1)C(=O)N(C)C[C@@H](OC)[C@@H](C)CN(C(=O)COC)[C@H](C)CO2.